The highest BCUT2D eigenvalue weighted by Gasteiger charge is 2.23. The number of carbonyl (C=O) groups is 1. The molecule has 5 heteroatoms. The fraction of sp³-hybridized carbons (Fsp3) is 0.556. The molecule has 124 valence electrons. The van der Waals surface area contributed by atoms with Crippen LogP contribution in [-0.4, -0.2) is 34.7 Å². The minimum atomic E-state index is -0.251. The zero-order chi connectivity index (χ0) is 16.2. The number of nitrogens with one attached hydrogen (secondary N) is 1. The number of hydrogen-bond donors (Lipinski definition) is 1. The summed E-state index contributed by atoms with van der Waals surface area (Å²) in [7, 11) is 0. The highest BCUT2D eigenvalue weighted by atomic mass is 16.5. The largest absolute Gasteiger partial charge is 0.368 e. The summed E-state index contributed by atoms with van der Waals surface area (Å²) in [6, 6.07) is 4.08. The summed E-state index contributed by atoms with van der Waals surface area (Å²) < 4.78 is 7.63. The van der Waals surface area contributed by atoms with E-state index in [2.05, 4.69) is 41.0 Å². The van der Waals surface area contributed by atoms with Gasteiger partial charge < -0.3 is 14.6 Å². The summed E-state index contributed by atoms with van der Waals surface area (Å²) in [6.45, 7) is 6.70. The smallest absolute Gasteiger partial charge is 0.249 e. The van der Waals surface area contributed by atoms with Crippen LogP contribution in [-0.2, 0) is 22.5 Å². The molecule has 1 fully saturated rings. The molecule has 0 unspecified atom stereocenters. The zero-order valence-electron chi connectivity index (χ0n) is 13.9. The van der Waals surface area contributed by atoms with Crippen LogP contribution in [0.25, 0.3) is 11.0 Å². The molecule has 2 aromatic heterocycles. The molecule has 1 amide bonds. The maximum atomic E-state index is 12.0. The van der Waals surface area contributed by atoms with Gasteiger partial charge in [-0.25, -0.2) is 4.98 Å². The van der Waals surface area contributed by atoms with Crippen molar-refractivity contribution in [2.45, 2.75) is 45.8 Å². The van der Waals surface area contributed by atoms with E-state index in [9.17, 15) is 4.79 Å². The van der Waals surface area contributed by atoms with Crippen molar-refractivity contribution in [3.63, 3.8) is 0 Å². The van der Waals surface area contributed by atoms with Crippen LogP contribution < -0.4 is 5.32 Å². The van der Waals surface area contributed by atoms with Gasteiger partial charge in [-0.05, 0) is 42.9 Å². The van der Waals surface area contributed by atoms with Gasteiger partial charge in [0, 0.05) is 37.5 Å². The van der Waals surface area contributed by atoms with Gasteiger partial charge in [-0.1, -0.05) is 13.8 Å². The van der Waals surface area contributed by atoms with Crippen LogP contribution in [0.2, 0.25) is 0 Å². The molecule has 1 N–H and O–H groups in total. The van der Waals surface area contributed by atoms with E-state index in [0.717, 1.165) is 31.5 Å². The Morgan fingerprint density at radius 3 is 3.13 bits per heavy atom. The first-order valence-corrected chi connectivity index (χ1v) is 8.47. The van der Waals surface area contributed by atoms with Crippen LogP contribution in [0.5, 0.6) is 0 Å². The van der Waals surface area contributed by atoms with Crippen molar-refractivity contribution in [3.8, 4) is 0 Å². The second-order valence-electron chi connectivity index (χ2n) is 6.62. The van der Waals surface area contributed by atoms with E-state index in [4.69, 9.17) is 4.74 Å². The number of rotatable bonds is 6. The van der Waals surface area contributed by atoms with E-state index in [1.165, 1.54) is 10.9 Å². The lowest BCUT2D eigenvalue weighted by Gasteiger charge is -2.09. The quantitative estimate of drug-likeness (QED) is 0.891. The topological polar surface area (TPSA) is 56.2 Å². The molecule has 2 aromatic rings. The Labute approximate surface area is 137 Å². The van der Waals surface area contributed by atoms with Crippen molar-refractivity contribution in [1.82, 2.24) is 14.9 Å². The second-order valence-corrected chi connectivity index (χ2v) is 6.62. The minimum absolute atomic E-state index is 0.0199. The van der Waals surface area contributed by atoms with Gasteiger partial charge in [0.25, 0.3) is 0 Å². The third-order valence-electron chi connectivity index (χ3n) is 4.19. The third-order valence-corrected chi connectivity index (χ3v) is 4.19. The van der Waals surface area contributed by atoms with Gasteiger partial charge in [0.1, 0.15) is 11.8 Å². The Morgan fingerprint density at radius 1 is 1.52 bits per heavy atom. The number of nitrogens with zero attached hydrogens (tertiary/aromatic N) is 2. The van der Waals surface area contributed by atoms with E-state index in [1.807, 2.05) is 12.3 Å². The predicted molar refractivity (Wildman–Crippen MR) is 90.3 cm³/mol. The maximum Gasteiger partial charge on any atom is 0.249 e. The molecule has 1 aliphatic heterocycles. The lowest BCUT2D eigenvalue weighted by molar-refractivity contribution is -0.129. The van der Waals surface area contributed by atoms with Gasteiger partial charge in [-0.2, -0.15) is 0 Å². The average Bonchev–Trinajstić information content (AvgIpc) is 3.16. The molecule has 0 spiro atoms. The molecular formula is C18H25N3O2. The first-order chi connectivity index (χ1) is 11.1. The molecule has 1 atom stereocenters. The van der Waals surface area contributed by atoms with Gasteiger partial charge in [-0.3, -0.25) is 4.79 Å². The van der Waals surface area contributed by atoms with E-state index in [1.54, 1.807) is 0 Å². The number of amides is 1. The molecule has 0 saturated carbocycles. The summed E-state index contributed by atoms with van der Waals surface area (Å²) >= 11 is 0. The van der Waals surface area contributed by atoms with Gasteiger partial charge in [0.15, 0.2) is 0 Å². The Bertz CT molecular complexity index is 672. The molecule has 0 aromatic carbocycles. The van der Waals surface area contributed by atoms with E-state index >= 15 is 0 Å². The van der Waals surface area contributed by atoms with Gasteiger partial charge in [-0.15, -0.1) is 0 Å². The molecule has 3 rings (SSSR count). The second kappa shape index (κ2) is 7.13. The maximum absolute atomic E-state index is 12.0. The fourth-order valence-corrected chi connectivity index (χ4v) is 3.15. The molecule has 0 radical (unpaired) electrons. The SMILES string of the molecule is CC(C)Cn1cc(CCNC(=O)[C@H]2CCCO2)c2cccnc21. The molecule has 3 heterocycles. The number of fused-ring (bicyclic) bond motifs is 1. The Morgan fingerprint density at radius 2 is 2.39 bits per heavy atom. The summed E-state index contributed by atoms with van der Waals surface area (Å²) in [5, 5.41) is 4.17. The minimum Gasteiger partial charge on any atom is -0.368 e. The standard InChI is InChI=1S/C18H25N3O2/c1-13(2)11-21-12-14(15-5-3-8-19-17(15)21)7-9-20-18(22)16-6-4-10-23-16/h3,5,8,12-13,16H,4,6-7,9-11H2,1-2H3,(H,20,22)/t16-/m1/s1. The van der Waals surface area contributed by atoms with Crippen molar-refractivity contribution in [2.75, 3.05) is 13.2 Å². The Hall–Kier alpha value is -1.88. The first kappa shape index (κ1) is 16.0. The predicted octanol–water partition coefficient (Wildman–Crippen LogP) is 2.53. The highest BCUT2D eigenvalue weighted by Crippen LogP contribution is 2.21. The zero-order valence-corrected chi connectivity index (χ0v) is 13.9. The summed E-state index contributed by atoms with van der Waals surface area (Å²) in [6.07, 6.45) is 6.39. The van der Waals surface area contributed by atoms with Crippen LogP contribution in [0.4, 0.5) is 0 Å². The fourth-order valence-electron chi connectivity index (χ4n) is 3.15. The van der Waals surface area contributed by atoms with Crippen LogP contribution in [0, 0.1) is 5.92 Å². The molecule has 1 aliphatic rings. The normalized spacial score (nSPS) is 18.0. The molecule has 5 nitrogen and oxygen atoms in total. The van der Waals surface area contributed by atoms with E-state index in [-0.39, 0.29) is 12.0 Å². The number of ether oxygens (including phenoxy) is 1. The van der Waals surface area contributed by atoms with Gasteiger partial charge >= 0.3 is 0 Å². The van der Waals surface area contributed by atoms with E-state index in [0.29, 0.717) is 19.1 Å². The van der Waals surface area contributed by atoms with Crippen LogP contribution in [0.15, 0.2) is 24.5 Å². The van der Waals surface area contributed by atoms with Crippen LogP contribution in [0.1, 0.15) is 32.3 Å². The Kier molecular flexibility index (Phi) is 4.96. The average molecular weight is 315 g/mol. The molecular weight excluding hydrogens is 290 g/mol. The van der Waals surface area contributed by atoms with E-state index < -0.39 is 0 Å². The van der Waals surface area contributed by atoms with Gasteiger partial charge in [0.2, 0.25) is 5.91 Å². The lowest BCUT2D eigenvalue weighted by atomic mass is 10.1. The lowest BCUT2D eigenvalue weighted by Crippen LogP contribution is -2.35. The van der Waals surface area contributed by atoms with Crippen LogP contribution in [0.3, 0.4) is 0 Å². The monoisotopic (exact) mass is 315 g/mol. The summed E-state index contributed by atoms with van der Waals surface area (Å²) in [5.74, 6) is 0.589. The van der Waals surface area contributed by atoms with Crippen molar-refractivity contribution < 1.29 is 9.53 Å². The molecule has 0 aliphatic carbocycles. The first-order valence-electron chi connectivity index (χ1n) is 8.47. The summed E-state index contributed by atoms with van der Waals surface area (Å²) in [5.41, 5.74) is 2.27. The number of aromatic nitrogens is 2. The Balaban J connectivity index is 1.66. The molecule has 1 saturated heterocycles. The van der Waals surface area contributed by atoms with Gasteiger partial charge in [0.05, 0.1) is 0 Å². The molecule has 23 heavy (non-hydrogen) atoms. The van der Waals surface area contributed by atoms with Crippen molar-refractivity contribution >= 4 is 16.9 Å². The highest BCUT2D eigenvalue weighted by molar-refractivity contribution is 5.82. The molecule has 0 bridgehead atoms. The third kappa shape index (κ3) is 3.72. The summed E-state index contributed by atoms with van der Waals surface area (Å²) in [4.78, 5) is 16.5. The number of pyridine rings is 1. The van der Waals surface area contributed by atoms with Crippen molar-refractivity contribution in [2.24, 2.45) is 5.92 Å². The van der Waals surface area contributed by atoms with Crippen molar-refractivity contribution in [1.29, 1.82) is 0 Å². The van der Waals surface area contributed by atoms with Crippen molar-refractivity contribution in [3.05, 3.63) is 30.1 Å². The number of carbonyl (C=O) groups excluding carboxylic acids is 1. The van der Waals surface area contributed by atoms with Crippen LogP contribution >= 0.6 is 0 Å². The number of hydrogen-bond acceptors (Lipinski definition) is 3.